The Balaban J connectivity index is 1.41. The molecule has 1 aromatic carbocycles. The van der Waals surface area contributed by atoms with Gasteiger partial charge < -0.3 is 20.4 Å². The highest BCUT2D eigenvalue weighted by molar-refractivity contribution is 5.71. The molecule has 2 aromatic heterocycles. The van der Waals surface area contributed by atoms with Crippen molar-refractivity contribution in [3.05, 3.63) is 53.9 Å². The SMILES string of the molecule is CC(C)N1CC(C)(C)Cc2c(F)cc(-c3nc(Nc4ccc(N5CCCNCC5)cn4)ncc3F)cc21. The summed E-state index contributed by atoms with van der Waals surface area (Å²) in [5, 5.41) is 6.46. The minimum Gasteiger partial charge on any atom is -0.369 e. The molecule has 9 heteroatoms. The van der Waals surface area contributed by atoms with Gasteiger partial charge in [-0.2, -0.15) is 0 Å². The maximum absolute atomic E-state index is 15.4. The third kappa shape index (κ3) is 5.51. The van der Waals surface area contributed by atoms with Crippen LogP contribution in [0.4, 0.5) is 31.9 Å². The molecule has 2 N–H and O–H groups in total. The molecule has 37 heavy (non-hydrogen) atoms. The van der Waals surface area contributed by atoms with E-state index in [0.29, 0.717) is 23.4 Å². The van der Waals surface area contributed by atoms with Crippen LogP contribution in [0.2, 0.25) is 0 Å². The van der Waals surface area contributed by atoms with Crippen molar-refractivity contribution >= 4 is 23.1 Å². The van der Waals surface area contributed by atoms with Crippen molar-refractivity contribution in [2.75, 3.05) is 47.8 Å². The lowest BCUT2D eigenvalue weighted by atomic mass is 9.80. The average Bonchev–Trinajstić information content (AvgIpc) is 3.15. The van der Waals surface area contributed by atoms with Gasteiger partial charge in [0.15, 0.2) is 5.82 Å². The summed E-state index contributed by atoms with van der Waals surface area (Å²) in [6.45, 7) is 13.2. The Morgan fingerprint density at radius 2 is 1.86 bits per heavy atom. The van der Waals surface area contributed by atoms with Gasteiger partial charge in [-0.25, -0.2) is 23.7 Å². The van der Waals surface area contributed by atoms with Crippen molar-refractivity contribution in [3.63, 3.8) is 0 Å². The van der Waals surface area contributed by atoms with Crippen molar-refractivity contribution in [1.29, 1.82) is 0 Å². The fourth-order valence-corrected chi connectivity index (χ4v) is 5.23. The fraction of sp³-hybridized carbons (Fsp3) is 0.464. The number of pyridine rings is 1. The van der Waals surface area contributed by atoms with Gasteiger partial charge in [-0.15, -0.1) is 0 Å². The number of nitrogens with one attached hydrogen (secondary N) is 2. The van der Waals surface area contributed by atoms with E-state index in [1.54, 1.807) is 0 Å². The van der Waals surface area contributed by atoms with E-state index in [1.165, 1.54) is 6.07 Å². The summed E-state index contributed by atoms with van der Waals surface area (Å²) in [6, 6.07) is 7.29. The lowest BCUT2D eigenvalue weighted by Gasteiger charge is -2.43. The van der Waals surface area contributed by atoms with Crippen LogP contribution in [0.5, 0.6) is 0 Å². The molecule has 0 saturated carbocycles. The summed E-state index contributed by atoms with van der Waals surface area (Å²) >= 11 is 0. The maximum Gasteiger partial charge on any atom is 0.229 e. The van der Waals surface area contributed by atoms with Crippen LogP contribution >= 0.6 is 0 Å². The van der Waals surface area contributed by atoms with Gasteiger partial charge in [0, 0.05) is 49.0 Å². The van der Waals surface area contributed by atoms with E-state index in [2.05, 4.69) is 63.1 Å². The Labute approximate surface area is 217 Å². The molecular weight excluding hydrogens is 472 g/mol. The number of rotatable bonds is 5. The quantitative estimate of drug-likeness (QED) is 0.495. The molecule has 0 unspecified atom stereocenters. The van der Waals surface area contributed by atoms with E-state index < -0.39 is 5.82 Å². The summed E-state index contributed by atoms with van der Waals surface area (Å²) in [7, 11) is 0. The van der Waals surface area contributed by atoms with Crippen molar-refractivity contribution in [2.45, 2.75) is 46.6 Å². The van der Waals surface area contributed by atoms with Gasteiger partial charge in [0.25, 0.3) is 0 Å². The molecule has 0 bridgehead atoms. The molecule has 5 rings (SSSR count). The molecule has 0 atom stereocenters. The first-order valence-electron chi connectivity index (χ1n) is 13.0. The van der Waals surface area contributed by atoms with E-state index >= 15 is 4.39 Å². The zero-order chi connectivity index (χ0) is 26.2. The smallest absolute Gasteiger partial charge is 0.229 e. The first-order chi connectivity index (χ1) is 17.7. The normalized spacial score (nSPS) is 17.5. The standard InChI is InChI=1S/C28H35F2N7/c1-18(2)37-17-28(3,4)14-21-22(29)12-19(13-24(21)37)26-23(30)16-33-27(35-26)34-25-7-6-20(15-32-25)36-10-5-8-31-9-11-36/h6-7,12-13,15-16,18,31H,5,8-11,14,17H2,1-4H3,(H,32,33,34,35). The summed E-state index contributed by atoms with van der Waals surface area (Å²) < 4.78 is 30.3. The molecule has 4 heterocycles. The van der Waals surface area contributed by atoms with E-state index in [0.717, 1.165) is 56.7 Å². The Morgan fingerprint density at radius 3 is 2.62 bits per heavy atom. The molecule has 7 nitrogen and oxygen atoms in total. The predicted octanol–water partition coefficient (Wildman–Crippen LogP) is 5.16. The van der Waals surface area contributed by atoms with Crippen LogP contribution in [0.15, 0.2) is 36.7 Å². The average molecular weight is 508 g/mol. The number of hydrogen-bond donors (Lipinski definition) is 2. The van der Waals surface area contributed by atoms with E-state index in [4.69, 9.17) is 0 Å². The molecule has 0 radical (unpaired) electrons. The second-order valence-electron chi connectivity index (χ2n) is 11.0. The third-order valence-corrected chi connectivity index (χ3v) is 7.07. The second-order valence-corrected chi connectivity index (χ2v) is 11.0. The zero-order valence-electron chi connectivity index (χ0n) is 22.0. The molecular formula is C28H35F2N7. The van der Waals surface area contributed by atoms with Gasteiger partial charge in [0.05, 0.1) is 18.1 Å². The third-order valence-electron chi connectivity index (χ3n) is 7.07. The summed E-state index contributed by atoms with van der Waals surface area (Å²) in [5.74, 6) is -0.177. The summed E-state index contributed by atoms with van der Waals surface area (Å²) in [4.78, 5) is 17.5. The van der Waals surface area contributed by atoms with Gasteiger partial charge in [0.2, 0.25) is 5.95 Å². The van der Waals surface area contributed by atoms with Crippen LogP contribution in [-0.4, -0.2) is 53.7 Å². The molecule has 2 aliphatic rings. The maximum atomic E-state index is 15.4. The highest BCUT2D eigenvalue weighted by atomic mass is 19.1. The molecule has 0 amide bonds. The number of aromatic nitrogens is 3. The minimum atomic E-state index is -0.602. The highest BCUT2D eigenvalue weighted by Crippen LogP contribution is 2.41. The predicted molar refractivity (Wildman–Crippen MR) is 145 cm³/mol. The lowest BCUT2D eigenvalue weighted by Crippen LogP contribution is -2.44. The van der Waals surface area contributed by atoms with Crippen molar-refractivity contribution in [2.24, 2.45) is 5.41 Å². The molecule has 1 saturated heterocycles. The Kier molecular flexibility index (Phi) is 6.98. The monoisotopic (exact) mass is 507 g/mol. The lowest BCUT2D eigenvalue weighted by molar-refractivity contribution is 0.332. The topological polar surface area (TPSA) is 69.2 Å². The van der Waals surface area contributed by atoms with E-state index in [1.807, 2.05) is 24.4 Å². The van der Waals surface area contributed by atoms with E-state index in [9.17, 15) is 4.39 Å². The van der Waals surface area contributed by atoms with Gasteiger partial charge >= 0.3 is 0 Å². The number of nitrogens with zero attached hydrogens (tertiary/aromatic N) is 5. The van der Waals surface area contributed by atoms with Crippen LogP contribution in [0.3, 0.4) is 0 Å². The van der Waals surface area contributed by atoms with Gasteiger partial charge in [-0.05, 0) is 62.9 Å². The molecule has 3 aromatic rings. The number of fused-ring (bicyclic) bond motifs is 1. The van der Waals surface area contributed by atoms with Crippen LogP contribution in [0, 0.1) is 17.0 Å². The first-order valence-corrected chi connectivity index (χ1v) is 13.0. The molecule has 2 aliphatic heterocycles. The highest BCUT2D eigenvalue weighted by Gasteiger charge is 2.34. The van der Waals surface area contributed by atoms with Crippen LogP contribution in [-0.2, 0) is 6.42 Å². The minimum absolute atomic E-state index is 0.0520. The van der Waals surface area contributed by atoms with Crippen LogP contribution < -0.4 is 20.4 Å². The molecule has 1 fully saturated rings. The Bertz CT molecular complexity index is 1250. The number of anilines is 4. The van der Waals surface area contributed by atoms with Crippen molar-refractivity contribution in [1.82, 2.24) is 20.3 Å². The number of benzene rings is 1. The largest absolute Gasteiger partial charge is 0.369 e. The Morgan fingerprint density at radius 1 is 1.03 bits per heavy atom. The van der Waals surface area contributed by atoms with Gasteiger partial charge in [0.1, 0.15) is 17.3 Å². The van der Waals surface area contributed by atoms with Gasteiger partial charge in [-0.1, -0.05) is 13.8 Å². The zero-order valence-corrected chi connectivity index (χ0v) is 22.0. The summed E-state index contributed by atoms with van der Waals surface area (Å²) in [6.07, 6.45) is 4.65. The fourth-order valence-electron chi connectivity index (χ4n) is 5.23. The summed E-state index contributed by atoms with van der Waals surface area (Å²) in [5.41, 5.74) is 2.93. The van der Waals surface area contributed by atoms with Gasteiger partial charge in [-0.3, -0.25) is 0 Å². The van der Waals surface area contributed by atoms with Crippen molar-refractivity contribution in [3.8, 4) is 11.3 Å². The van der Waals surface area contributed by atoms with Crippen molar-refractivity contribution < 1.29 is 8.78 Å². The Hall–Kier alpha value is -3.33. The van der Waals surface area contributed by atoms with Crippen LogP contribution in [0.1, 0.15) is 39.7 Å². The molecule has 0 spiro atoms. The second kappa shape index (κ2) is 10.2. The number of hydrogen-bond acceptors (Lipinski definition) is 7. The molecule has 0 aliphatic carbocycles. The van der Waals surface area contributed by atoms with E-state index in [-0.39, 0.29) is 28.9 Å². The first kappa shape index (κ1) is 25.3. The number of halogens is 2. The molecule has 196 valence electrons. The van der Waals surface area contributed by atoms with Crippen LogP contribution in [0.25, 0.3) is 11.3 Å².